The van der Waals surface area contributed by atoms with Crippen LogP contribution in [0.1, 0.15) is 6.92 Å². The fourth-order valence-corrected chi connectivity index (χ4v) is 1.81. The number of fused-ring (bicyclic) bond motifs is 1. The van der Waals surface area contributed by atoms with Gasteiger partial charge in [-0.3, -0.25) is 4.98 Å². The fraction of sp³-hybridized carbons (Fsp3) is 0.286. The van der Waals surface area contributed by atoms with Crippen LogP contribution < -0.4 is 10.1 Å². The van der Waals surface area contributed by atoms with E-state index in [0.717, 1.165) is 5.39 Å². The van der Waals surface area contributed by atoms with E-state index < -0.39 is 11.6 Å². The molecule has 2 aromatic rings. The minimum atomic E-state index is -1.84. The van der Waals surface area contributed by atoms with Gasteiger partial charge >= 0.3 is 5.97 Å². The van der Waals surface area contributed by atoms with Gasteiger partial charge in [0, 0.05) is 17.3 Å². The summed E-state index contributed by atoms with van der Waals surface area (Å²) in [6.07, 6.45) is 1.60. The van der Waals surface area contributed by atoms with Crippen LogP contribution in [0.4, 0.5) is 5.69 Å². The summed E-state index contributed by atoms with van der Waals surface area (Å²) in [4.78, 5) is 15.1. The molecule has 6 heteroatoms. The van der Waals surface area contributed by atoms with Crippen molar-refractivity contribution < 1.29 is 19.7 Å². The molecule has 2 rings (SSSR count). The molecule has 1 atom stereocenters. The summed E-state index contributed by atoms with van der Waals surface area (Å²) in [5.74, 6) is -0.642. The lowest BCUT2D eigenvalue weighted by Gasteiger charge is -2.20. The van der Waals surface area contributed by atoms with E-state index in [9.17, 15) is 9.90 Å². The molecular weight excluding hydrogens is 260 g/mol. The molecule has 1 unspecified atom stereocenters. The van der Waals surface area contributed by atoms with Crippen molar-refractivity contribution in [2.24, 2.45) is 0 Å². The summed E-state index contributed by atoms with van der Waals surface area (Å²) in [7, 11) is 1.56. The maximum Gasteiger partial charge on any atom is 0.337 e. The van der Waals surface area contributed by atoms with Gasteiger partial charge in [-0.25, -0.2) is 4.79 Å². The number of hydrogen-bond donors (Lipinski definition) is 3. The summed E-state index contributed by atoms with van der Waals surface area (Å²) in [6, 6.07) is 7.19. The summed E-state index contributed by atoms with van der Waals surface area (Å²) < 4.78 is 5.23. The van der Waals surface area contributed by atoms with Gasteiger partial charge in [-0.2, -0.15) is 0 Å². The molecule has 1 heterocycles. The Hall–Kier alpha value is -2.34. The van der Waals surface area contributed by atoms with Crippen LogP contribution in [0.5, 0.6) is 5.75 Å². The van der Waals surface area contributed by atoms with Crippen LogP contribution in [0.15, 0.2) is 30.5 Å². The van der Waals surface area contributed by atoms with Crippen LogP contribution in [-0.4, -0.2) is 40.4 Å². The number of anilines is 1. The fourth-order valence-electron chi connectivity index (χ4n) is 1.81. The first-order chi connectivity index (χ1) is 9.45. The number of ether oxygens (including phenoxy) is 1. The molecule has 0 aliphatic carbocycles. The number of hydrogen-bond acceptors (Lipinski definition) is 5. The van der Waals surface area contributed by atoms with Gasteiger partial charge in [-0.05, 0) is 19.1 Å². The van der Waals surface area contributed by atoms with Crippen LogP contribution in [0.25, 0.3) is 10.9 Å². The number of aliphatic carboxylic acids is 1. The van der Waals surface area contributed by atoms with E-state index in [1.165, 1.54) is 6.92 Å². The molecule has 0 bridgehead atoms. The number of nitrogens with one attached hydrogen (secondary N) is 1. The maximum atomic E-state index is 10.9. The van der Waals surface area contributed by atoms with Gasteiger partial charge in [0.2, 0.25) is 0 Å². The quantitative estimate of drug-likeness (QED) is 0.766. The van der Waals surface area contributed by atoms with Gasteiger partial charge in [-0.15, -0.1) is 0 Å². The summed E-state index contributed by atoms with van der Waals surface area (Å²) >= 11 is 0. The summed E-state index contributed by atoms with van der Waals surface area (Å²) in [5, 5.41) is 22.3. The van der Waals surface area contributed by atoms with Crippen molar-refractivity contribution in [1.29, 1.82) is 0 Å². The zero-order valence-electron chi connectivity index (χ0n) is 11.3. The highest BCUT2D eigenvalue weighted by Gasteiger charge is 2.29. The highest BCUT2D eigenvalue weighted by atomic mass is 16.5. The summed E-state index contributed by atoms with van der Waals surface area (Å²) in [5.41, 5.74) is -0.473. The number of para-hydroxylation sites is 1. The van der Waals surface area contributed by atoms with E-state index in [1.807, 2.05) is 12.1 Å². The first-order valence-electron chi connectivity index (χ1n) is 6.07. The van der Waals surface area contributed by atoms with Crippen LogP contribution in [-0.2, 0) is 4.79 Å². The second kappa shape index (κ2) is 5.34. The Labute approximate surface area is 116 Å². The van der Waals surface area contributed by atoms with E-state index in [2.05, 4.69) is 10.3 Å². The van der Waals surface area contributed by atoms with Crippen LogP contribution in [0.3, 0.4) is 0 Å². The Morgan fingerprint density at radius 2 is 2.20 bits per heavy atom. The van der Waals surface area contributed by atoms with Crippen LogP contribution >= 0.6 is 0 Å². The predicted molar refractivity (Wildman–Crippen MR) is 75.0 cm³/mol. The number of methoxy groups -OCH3 is 1. The van der Waals surface area contributed by atoms with Gasteiger partial charge in [0.25, 0.3) is 0 Å². The van der Waals surface area contributed by atoms with Crippen molar-refractivity contribution in [3.63, 3.8) is 0 Å². The minimum Gasteiger partial charge on any atom is -0.494 e. The van der Waals surface area contributed by atoms with E-state index >= 15 is 0 Å². The number of carbonyl (C=O) groups is 1. The molecule has 0 fully saturated rings. The third-order valence-corrected chi connectivity index (χ3v) is 3.04. The van der Waals surface area contributed by atoms with Crippen molar-refractivity contribution in [2.75, 3.05) is 19.0 Å². The average molecular weight is 276 g/mol. The van der Waals surface area contributed by atoms with Gasteiger partial charge < -0.3 is 20.3 Å². The highest BCUT2D eigenvalue weighted by Crippen LogP contribution is 2.28. The van der Waals surface area contributed by atoms with E-state index in [1.54, 1.807) is 25.4 Å². The molecule has 1 aromatic heterocycles. The number of nitrogens with zero attached hydrogens (tertiary/aromatic N) is 1. The number of pyridine rings is 1. The molecule has 0 aliphatic rings. The number of carboxylic acid groups (broad SMARTS) is 1. The first kappa shape index (κ1) is 14.1. The standard InChI is InChI=1S/C14H16N2O4/c1-14(19,13(17)18)8-16-10-6-7-15-12-9(10)4-3-5-11(12)20-2/h3-7,19H,8H2,1-2H3,(H,15,16)(H,17,18). The number of aromatic nitrogens is 1. The van der Waals surface area contributed by atoms with Gasteiger partial charge in [0.1, 0.15) is 11.3 Å². The SMILES string of the molecule is COc1cccc2c(NCC(C)(O)C(=O)O)ccnc12. The molecule has 0 aliphatic heterocycles. The van der Waals surface area contributed by atoms with E-state index in [4.69, 9.17) is 9.84 Å². The van der Waals surface area contributed by atoms with Crippen molar-refractivity contribution in [2.45, 2.75) is 12.5 Å². The number of rotatable bonds is 5. The monoisotopic (exact) mass is 276 g/mol. The normalized spacial score (nSPS) is 13.8. The highest BCUT2D eigenvalue weighted by molar-refractivity contribution is 5.94. The second-order valence-electron chi connectivity index (χ2n) is 4.65. The Bertz CT molecular complexity index is 640. The average Bonchev–Trinajstić information content (AvgIpc) is 2.44. The maximum absolute atomic E-state index is 10.9. The molecule has 0 spiro atoms. The van der Waals surface area contributed by atoms with E-state index in [-0.39, 0.29) is 6.54 Å². The predicted octanol–water partition coefficient (Wildman–Crippen LogP) is 1.49. The molecule has 106 valence electrons. The third kappa shape index (κ3) is 2.65. The molecule has 0 saturated carbocycles. The Balaban J connectivity index is 2.34. The smallest absolute Gasteiger partial charge is 0.337 e. The summed E-state index contributed by atoms with van der Waals surface area (Å²) in [6.45, 7) is 1.13. The zero-order chi connectivity index (χ0) is 14.8. The topological polar surface area (TPSA) is 91.7 Å². The van der Waals surface area contributed by atoms with Crippen molar-refractivity contribution >= 4 is 22.6 Å². The minimum absolute atomic E-state index is 0.112. The largest absolute Gasteiger partial charge is 0.494 e. The van der Waals surface area contributed by atoms with Crippen LogP contribution in [0, 0.1) is 0 Å². The first-order valence-corrected chi connectivity index (χ1v) is 6.07. The molecule has 3 N–H and O–H groups in total. The van der Waals surface area contributed by atoms with Gasteiger partial charge in [0.05, 0.1) is 13.7 Å². The van der Waals surface area contributed by atoms with Gasteiger partial charge in [-0.1, -0.05) is 12.1 Å². The Kier molecular flexibility index (Phi) is 3.76. The van der Waals surface area contributed by atoms with Crippen molar-refractivity contribution in [3.8, 4) is 5.75 Å². The van der Waals surface area contributed by atoms with Crippen molar-refractivity contribution in [1.82, 2.24) is 4.98 Å². The molecular formula is C14H16N2O4. The Morgan fingerprint density at radius 1 is 1.45 bits per heavy atom. The second-order valence-corrected chi connectivity index (χ2v) is 4.65. The molecule has 1 aromatic carbocycles. The molecule has 6 nitrogen and oxygen atoms in total. The number of benzene rings is 1. The van der Waals surface area contributed by atoms with Crippen LogP contribution in [0.2, 0.25) is 0 Å². The molecule has 0 radical (unpaired) electrons. The molecule has 0 saturated heterocycles. The lowest BCUT2D eigenvalue weighted by Crippen LogP contribution is -2.41. The lowest BCUT2D eigenvalue weighted by molar-refractivity contribution is -0.155. The molecule has 20 heavy (non-hydrogen) atoms. The molecule has 0 amide bonds. The zero-order valence-corrected chi connectivity index (χ0v) is 11.3. The van der Waals surface area contributed by atoms with Gasteiger partial charge in [0.15, 0.2) is 5.60 Å². The van der Waals surface area contributed by atoms with Crippen molar-refractivity contribution in [3.05, 3.63) is 30.5 Å². The number of aliphatic hydroxyl groups is 1. The number of carboxylic acids is 1. The lowest BCUT2D eigenvalue weighted by atomic mass is 10.1. The third-order valence-electron chi connectivity index (χ3n) is 3.04. The van der Waals surface area contributed by atoms with E-state index in [0.29, 0.717) is 17.0 Å². The Morgan fingerprint density at radius 3 is 2.85 bits per heavy atom.